The van der Waals surface area contributed by atoms with Gasteiger partial charge in [-0.1, -0.05) is 23.2 Å². The van der Waals surface area contributed by atoms with Gasteiger partial charge in [0, 0.05) is 16.1 Å². The number of halogens is 2. The molecule has 0 bridgehead atoms. The summed E-state index contributed by atoms with van der Waals surface area (Å²) in [6.45, 7) is 0. The predicted molar refractivity (Wildman–Crippen MR) is 115 cm³/mol. The van der Waals surface area contributed by atoms with Crippen LogP contribution in [-0.4, -0.2) is 33.5 Å². The van der Waals surface area contributed by atoms with Crippen molar-refractivity contribution >= 4 is 35.3 Å². The molecule has 1 amide bonds. The lowest BCUT2D eigenvalue weighted by atomic mass is 10.1. The van der Waals surface area contributed by atoms with Crippen LogP contribution in [0.15, 0.2) is 52.0 Å². The van der Waals surface area contributed by atoms with Gasteiger partial charge in [-0.2, -0.15) is 5.10 Å². The number of benzene rings is 2. The Hall–Kier alpha value is -3.16. The van der Waals surface area contributed by atoms with E-state index in [0.29, 0.717) is 44.4 Å². The van der Waals surface area contributed by atoms with Gasteiger partial charge in [0.25, 0.3) is 5.91 Å². The largest absolute Gasteiger partial charge is 0.493 e. The second-order valence-corrected chi connectivity index (χ2v) is 6.78. The molecule has 1 N–H and O–H groups in total. The summed E-state index contributed by atoms with van der Waals surface area (Å²) in [5.74, 6) is 1.60. The minimum atomic E-state index is -0.463. The first-order chi connectivity index (χ1) is 14.5. The smallest absolute Gasteiger partial charge is 0.271 e. The molecule has 30 heavy (non-hydrogen) atoms. The zero-order chi connectivity index (χ0) is 21.7. The van der Waals surface area contributed by atoms with Crippen LogP contribution < -0.4 is 19.6 Å². The van der Waals surface area contributed by atoms with Crippen molar-refractivity contribution in [2.24, 2.45) is 5.10 Å². The van der Waals surface area contributed by atoms with E-state index in [0.717, 1.165) is 0 Å². The average molecular weight is 449 g/mol. The Morgan fingerprint density at radius 1 is 1.00 bits per heavy atom. The van der Waals surface area contributed by atoms with Gasteiger partial charge >= 0.3 is 0 Å². The second-order valence-electron chi connectivity index (χ2n) is 5.94. The standard InChI is InChI=1S/C21H18Cl2N2O5/c1-27-18-8-12(9-19(28-2)20(18)29-3)21(26)25-24-11-14-5-7-17(30-14)15-10-13(22)4-6-16(15)23/h4-11H,1-3H3,(H,25,26). The SMILES string of the molecule is COc1cc(C(=O)NN=Cc2ccc(-c3cc(Cl)ccc3Cl)o2)cc(OC)c1OC. The Kier molecular flexibility index (Phi) is 6.87. The van der Waals surface area contributed by atoms with Crippen LogP contribution in [-0.2, 0) is 0 Å². The number of carbonyl (C=O) groups is 1. The van der Waals surface area contributed by atoms with Gasteiger partial charge in [0.05, 0.1) is 32.6 Å². The number of ether oxygens (including phenoxy) is 3. The summed E-state index contributed by atoms with van der Waals surface area (Å²) in [7, 11) is 4.42. The number of hydrogen-bond donors (Lipinski definition) is 1. The summed E-state index contributed by atoms with van der Waals surface area (Å²) >= 11 is 12.2. The van der Waals surface area contributed by atoms with Crippen molar-refractivity contribution in [3.8, 4) is 28.6 Å². The predicted octanol–water partition coefficient (Wildman–Crippen LogP) is 5.04. The lowest BCUT2D eigenvalue weighted by Gasteiger charge is -2.13. The van der Waals surface area contributed by atoms with E-state index >= 15 is 0 Å². The van der Waals surface area contributed by atoms with Crippen molar-refractivity contribution in [3.63, 3.8) is 0 Å². The van der Waals surface area contributed by atoms with Gasteiger partial charge in [0.2, 0.25) is 5.75 Å². The van der Waals surface area contributed by atoms with Crippen molar-refractivity contribution in [1.82, 2.24) is 5.43 Å². The number of furan rings is 1. The van der Waals surface area contributed by atoms with Crippen molar-refractivity contribution in [3.05, 3.63) is 63.8 Å². The van der Waals surface area contributed by atoms with Crippen LogP contribution in [0.1, 0.15) is 16.1 Å². The fraction of sp³-hybridized carbons (Fsp3) is 0.143. The number of carbonyl (C=O) groups excluding carboxylic acids is 1. The molecule has 3 rings (SSSR count). The molecule has 0 fully saturated rings. The highest BCUT2D eigenvalue weighted by Gasteiger charge is 2.16. The molecule has 2 aromatic carbocycles. The van der Waals surface area contributed by atoms with E-state index in [1.165, 1.54) is 39.7 Å². The van der Waals surface area contributed by atoms with Crippen molar-refractivity contribution < 1.29 is 23.4 Å². The number of hydrogen-bond acceptors (Lipinski definition) is 6. The summed E-state index contributed by atoms with van der Waals surface area (Å²) in [5.41, 5.74) is 3.37. The van der Waals surface area contributed by atoms with Gasteiger partial charge in [0.1, 0.15) is 11.5 Å². The highest BCUT2D eigenvalue weighted by molar-refractivity contribution is 6.35. The molecule has 156 valence electrons. The van der Waals surface area contributed by atoms with E-state index in [1.54, 1.807) is 30.3 Å². The molecule has 3 aromatic rings. The van der Waals surface area contributed by atoms with Gasteiger partial charge in [-0.3, -0.25) is 4.79 Å². The van der Waals surface area contributed by atoms with Crippen LogP contribution in [0, 0.1) is 0 Å². The quantitative estimate of drug-likeness (QED) is 0.404. The van der Waals surface area contributed by atoms with Crippen LogP contribution in [0.2, 0.25) is 10.0 Å². The second kappa shape index (κ2) is 9.56. The zero-order valence-corrected chi connectivity index (χ0v) is 17.9. The normalized spacial score (nSPS) is 10.8. The number of amides is 1. The van der Waals surface area contributed by atoms with E-state index in [-0.39, 0.29) is 5.56 Å². The molecule has 0 saturated heterocycles. The van der Waals surface area contributed by atoms with E-state index in [4.69, 9.17) is 41.8 Å². The summed E-state index contributed by atoms with van der Waals surface area (Å²) in [4.78, 5) is 12.4. The van der Waals surface area contributed by atoms with Crippen LogP contribution in [0.3, 0.4) is 0 Å². The third-order valence-electron chi connectivity index (χ3n) is 4.11. The van der Waals surface area contributed by atoms with Crippen molar-refractivity contribution in [1.29, 1.82) is 0 Å². The third-order valence-corrected chi connectivity index (χ3v) is 4.67. The molecule has 0 spiro atoms. The van der Waals surface area contributed by atoms with Crippen LogP contribution >= 0.6 is 23.2 Å². The molecule has 7 nitrogen and oxygen atoms in total. The number of rotatable bonds is 7. The maximum Gasteiger partial charge on any atom is 0.271 e. The number of nitrogens with one attached hydrogen (secondary N) is 1. The summed E-state index contributed by atoms with van der Waals surface area (Å²) < 4.78 is 21.4. The summed E-state index contributed by atoms with van der Waals surface area (Å²) in [6, 6.07) is 11.6. The van der Waals surface area contributed by atoms with E-state index in [1.807, 2.05) is 0 Å². The fourth-order valence-corrected chi connectivity index (χ4v) is 3.07. The first-order valence-corrected chi connectivity index (χ1v) is 9.41. The summed E-state index contributed by atoms with van der Waals surface area (Å²) in [5, 5.41) is 4.98. The third kappa shape index (κ3) is 4.69. The summed E-state index contributed by atoms with van der Waals surface area (Å²) in [6.07, 6.45) is 1.37. The molecule has 9 heteroatoms. The number of hydrazone groups is 1. The van der Waals surface area contributed by atoms with E-state index in [2.05, 4.69) is 10.5 Å². The van der Waals surface area contributed by atoms with Crippen molar-refractivity contribution in [2.75, 3.05) is 21.3 Å². The highest BCUT2D eigenvalue weighted by atomic mass is 35.5. The van der Waals surface area contributed by atoms with Gasteiger partial charge in [-0.15, -0.1) is 0 Å². The highest BCUT2D eigenvalue weighted by Crippen LogP contribution is 2.38. The maximum atomic E-state index is 12.4. The molecule has 1 heterocycles. The molecule has 0 saturated carbocycles. The zero-order valence-electron chi connectivity index (χ0n) is 16.4. The molecule has 0 aliphatic heterocycles. The molecular formula is C21H18Cl2N2O5. The van der Waals surface area contributed by atoms with E-state index in [9.17, 15) is 4.79 Å². The molecule has 0 radical (unpaired) electrons. The maximum absolute atomic E-state index is 12.4. The first kappa shape index (κ1) is 21.5. The van der Waals surface area contributed by atoms with Gasteiger partial charge < -0.3 is 18.6 Å². The van der Waals surface area contributed by atoms with Crippen LogP contribution in [0.4, 0.5) is 0 Å². The Morgan fingerprint density at radius 3 is 2.33 bits per heavy atom. The molecular weight excluding hydrogens is 431 g/mol. The first-order valence-electron chi connectivity index (χ1n) is 8.65. The van der Waals surface area contributed by atoms with E-state index < -0.39 is 5.91 Å². The Morgan fingerprint density at radius 2 is 1.70 bits per heavy atom. The van der Waals surface area contributed by atoms with Crippen LogP contribution in [0.25, 0.3) is 11.3 Å². The minimum absolute atomic E-state index is 0.285. The monoisotopic (exact) mass is 448 g/mol. The van der Waals surface area contributed by atoms with Gasteiger partial charge in [-0.05, 0) is 42.5 Å². The molecule has 0 unspecified atom stereocenters. The Labute approximate surface area is 183 Å². The fourth-order valence-electron chi connectivity index (χ4n) is 2.68. The van der Waals surface area contributed by atoms with Crippen LogP contribution in [0.5, 0.6) is 17.2 Å². The average Bonchev–Trinajstić information content (AvgIpc) is 3.22. The molecule has 0 aliphatic carbocycles. The minimum Gasteiger partial charge on any atom is -0.493 e. The van der Waals surface area contributed by atoms with Crippen molar-refractivity contribution in [2.45, 2.75) is 0 Å². The number of nitrogens with zero attached hydrogens (tertiary/aromatic N) is 1. The molecule has 0 atom stereocenters. The Bertz CT molecular complexity index is 1070. The molecule has 0 aliphatic rings. The van der Waals surface area contributed by atoms with Gasteiger partial charge in [0.15, 0.2) is 11.5 Å². The molecule has 1 aromatic heterocycles. The number of methoxy groups -OCH3 is 3. The lowest BCUT2D eigenvalue weighted by molar-refractivity contribution is 0.0954. The topological polar surface area (TPSA) is 82.3 Å². The Balaban J connectivity index is 1.74. The van der Waals surface area contributed by atoms with Gasteiger partial charge in [-0.25, -0.2) is 5.43 Å². The lowest BCUT2D eigenvalue weighted by Crippen LogP contribution is -2.18.